The van der Waals surface area contributed by atoms with Gasteiger partial charge in [-0.25, -0.2) is 13.2 Å². The fourth-order valence-corrected chi connectivity index (χ4v) is 6.91. The summed E-state index contributed by atoms with van der Waals surface area (Å²) in [4.78, 5) is 25.4. The summed E-state index contributed by atoms with van der Waals surface area (Å²) in [5, 5.41) is 24.7. The quantitative estimate of drug-likeness (QED) is 0.113. The number of benzene rings is 3. The molecule has 0 aliphatic carbocycles. The maximum Gasteiger partial charge on any atom is 0.397 e. The van der Waals surface area contributed by atoms with Gasteiger partial charge in [0.15, 0.2) is 18.7 Å². The highest BCUT2D eigenvalue weighted by atomic mass is 32.3. The summed E-state index contributed by atoms with van der Waals surface area (Å²) >= 11 is 0. The molecule has 5 N–H and O–H groups in total. The number of aliphatic carboxylic acids is 1. The second-order valence-electron chi connectivity index (χ2n) is 12.6. The highest BCUT2D eigenvalue weighted by molar-refractivity contribution is 7.81. The van der Waals surface area contributed by atoms with Crippen LogP contribution in [0, 0.1) is 0 Å². The fraction of sp³-hybridized carbons (Fsp3) is 0.429. The van der Waals surface area contributed by atoms with Gasteiger partial charge < -0.3 is 44.0 Å². The Kier molecular flexibility index (Phi) is 15.0. The molecule has 2 aliphatic rings. The van der Waals surface area contributed by atoms with Crippen LogP contribution in [0.4, 0.5) is 0 Å². The van der Waals surface area contributed by atoms with Gasteiger partial charge in [0.05, 0.1) is 26.4 Å². The molecule has 2 heterocycles. The van der Waals surface area contributed by atoms with Crippen molar-refractivity contribution in [3.8, 4) is 0 Å². The Hall–Kier alpha value is -3.94. The number of amides is 1. The topological polar surface area (TPSA) is 269 Å². The second-order valence-corrected chi connectivity index (χ2v) is 14.8. The van der Waals surface area contributed by atoms with Gasteiger partial charge in [-0.2, -0.15) is 16.8 Å². The molecule has 2 fully saturated rings. The molecule has 10 atom stereocenters. The van der Waals surface area contributed by atoms with Crippen LogP contribution in [0.25, 0.3) is 0 Å². The van der Waals surface area contributed by atoms with E-state index in [1.807, 2.05) is 0 Å². The van der Waals surface area contributed by atoms with Crippen molar-refractivity contribution < 1.29 is 82.5 Å². The third-order valence-corrected chi connectivity index (χ3v) is 9.41. The van der Waals surface area contributed by atoms with Crippen molar-refractivity contribution in [2.24, 2.45) is 0 Å². The van der Waals surface area contributed by atoms with E-state index in [-0.39, 0.29) is 19.8 Å². The number of carboxylic acid groups (broad SMARTS) is 1. The van der Waals surface area contributed by atoms with Crippen molar-refractivity contribution in [3.63, 3.8) is 0 Å². The number of hydrogen-bond acceptors (Lipinski definition) is 15. The van der Waals surface area contributed by atoms with Crippen molar-refractivity contribution in [2.45, 2.75) is 88.1 Å². The Labute approximate surface area is 322 Å². The zero-order chi connectivity index (χ0) is 40.5. The molecule has 56 heavy (non-hydrogen) atoms. The number of ether oxygens (including phenoxy) is 6. The molecule has 0 radical (unpaired) electrons. The molecular formula is C35H41NO18S2. The Balaban J connectivity index is 1.53. The summed E-state index contributed by atoms with van der Waals surface area (Å²) in [5.41, 5.74) is 1.87. The summed E-state index contributed by atoms with van der Waals surface area (Å²) < 4.78 is 112. The Morgan fingerprint density at radius 2 is 1.18 bits per heavy atom. The molecule has 19 nitrogen and oxygen atoms in total. The number of carbonyl (C=O) groups excluding carboxylic acids is 1. The van der Waals surface area contributed by atoms with Crippen molar-refractivity contribution in [2.75, 3.05) is 6.61 Å². The predicted octanol–water partition coefficient (Wildman–Crippen LogP) is 1.17. The van der Waals surface area contributed by atoms with Crippen molar-refractivity contribution in [1.82, 2.24) is 5.32 Å². The number of carboxylic acids is 1. The minimum absolute atomic E-state index is 0.132. The van der Waals surface area contributed by atoms with Crippen molar-refractivity contribution in [1.29, 1.82) is 0 Å². The van der Waals surface area contributed by atoms with Gasteiger partial charge in [0.1, 0.15) is 42.7 Å². The van der Waals surface area contributed by atoms with E-state index < -0.39 is 101 Å². The third-order valence-electron chi connectivity index (χ3n) is 8.51. The van der Waals surface area contributed by atoms with E-state index in [1.54, 1.807) is 91.0 Å². The Bertz CT molecular complexity index is 1940. The van der Waals surface area contributed by atoms with Crippen LogP contribution in [0.2, 0.25) is 0 Å². The predicted molar refractivity (Wildman–Crippen MR) is 189 cm³/mol. The zero-order valence-electron chi connectivity index (χ0n) is 29.6. The van der Waals surface area contributed by atoms with Crippen molar-refractivity contribution >= 4 is 32.7 Å². The van der Waals surface area contributed by atoms with Gasteiger partial charge in [-0.3, -0.25) is 13.9 Å². The first-order valence-corrected chi connectivity index (χ1v) is 19.7. The van der Waals surface area contributed by atoms with E-state index in [2.05, 4.69) is 9.50 Å². The highest BCUT2D eigenvalue weighted by Crippen LogP contribution is 2.34. The lowest BCUT2D eigenvalue weighted by Crippen LogP contribution is -2.69. The molecule has 306 valence electrons. The first kappa shape index (κ1) is 43.2. The molecule has 3 aromatic carbocycles. The smallest absolute Gasteiger partial charge is 0.397 e. The Morgan fingerprint density at radius 3 is 1.64 bits per heavy atom. The summed E-state index contributed by atoms with van der Waals surface area (Å²) in [7, 11) is -10.7. The lowest BCUT2D eigenvalue weighted by molar-refractivity contribution is -0.345. The molecule has 2 saturated heterocycles. The normalized spacial score (nSPS) is 28.4. The van der Waals surface area contributed by atoms with Gasteiger partial charge in [-0.05, 0) is 16.7 Å². The van der Waals surface area contributed by atoms with Gasteiger partial charge >= 0.3 is 26.8 Å². The molecule has 0 spiro atoms. The van der Waals surface area contributed by atoms with E-state index in [1.165, 1.54) is 0 Å². The average Bonchev–Trinajstić information content (AvgIpc) is 3.14. The first-order valence-electron chi connectivity index (χ1n) is 17.0. The van der Waals surface area contributed by atoms with E-state index in [4.69, 9.17) is 32.6 Å². The summed E-state index contributed by atoms with van der Waals surface area (Å²) in [6.07, 6.45) is -16.5. The van der Waals surface area contributed by atoms with E-state index in [9.17, 15) is 45.7 Å². The summed E-state index contributed by atoms with van der Waals surface area (Å²) in [6, 6.07) is 24.2. The van der Waals surface area contributed by atoms with E-state index in [0.717, 1.165) is 6.92 Å². The monoisotopic (exact) mass is 827 g/mol. The zero-order valence-corrected chi connectivity index (χ0v) is 31.2. The molecule has 0 aromatic heterocycles. The molecule has 3 aromatic rings. The molecule has 0 saturated carbocycles. The lowest BCUT2D eigenvalue weighted by atomic mass is 9.95. The number of aliphatic hydroxyl groups excluding tert-OH is 1. The van der Waals surface area contributed by atoms with Crippen molar-refractivity contribution in [3.05, 3.63) is 108 Å². The molecule has 2 aliphatic heterocycles. The fourth-order valence-electron chi connectivity index (χ4n) is 6.09. The van der Waals surface area contributed by atoms with Crippen LogP contribution in [0.1, 0.15) is 23.6 Å². The standard InChI is InChI=1S/C35H41NO18S2/c1-21(37)36-26-29(28(54-56(44,45)46)25(20-50-55(41,42)43)51-34(26)49-19-24-15-9-4-10-16-24)52-35-27(38)30(47-17-22-11-5-2-6-12-22)31(32(53-35)33(39)40)48-18-23-13-7-3-8-14-23/h2-16,25-32,34-35,38H,17-20H2,1H3,(H,36,37)(H,39,40)(H,41,42,43)(H,44,45,46)/t25-,26-,27-,28+,29-,30-,31+,32+,34-,35-/m1/s1. The molecule has 5 rings (SSSR count). The Morgan fingerprint density at radius 1 is 0.679 bits per heavy atom. The summed E-state index contributed by atoms with van der Waals surface area (Å²) in [5.74, 6) is -2.33. The van der Waals surface area contributed by atoms with Crippen LogP contribution in [0.3, 0.4) is 0 Å². The van der Waals surface area contributed by atoms with Crippen LogP contribution < -0.4 is 5.32 Å². The number of hydrogen-bond donors (Lipinski definition) is 5. The highest BCUT2D eigenvalue weighted by Gasteiger charge is 2.56. The van der Waals surface area contributed by atoms with E-state index >= 15 is 0 Å². The maximum atomic E-state index is 12.8. The number of rotatable bonds is 18. The van der Waals surface area contributed by atoms with Gasteiger partial charge in [0, 0.05) is 6.92 Å². The molecule has 0 unspecified atom stereocenters. The molecular weight excluding hydrogens is 787 g/mol. The SMILES string of the molecule is CC(=O)N[C@H]1[C@H](OCc2ccccc2)O[C@H](COS(=O)(=O)O)[C@H](OS(=O)(=O)O)[C@@H]1O[C@@H]1O[C@H](C(=O)O)[C@@H](OCc2ccccc2)[C@H](OCc2ccccc2)[C@H]1O. The van der Waals surface area contributed by atoms with E-state index in [0.29, 0.717) is 16.7 Å². The minimum Gasteiger partial charge on any atom is -0.479 e. The van der Waals surface area contributed by atoms with Gasteiger partial charge in [0.25, 0.3) is 0 Å². The summed E-state index contributed by atoms with van der Waals surface area (Å²) in [6.45, 7) is -0.583. The second kappa shape index (κ2) is 19.5. The number of carbonyl (C=O) groups is 2. The van der Waals surface area contributed by atoms with Gasteiger partial charge in [-0.15, -0.1) is 0 Å². The first-order chi connectivity index (χ1) is 26.6. The lowest BCUT2D eigenvalue weighted by Gasteiger charge is -2.48. The minimum atomic E-state index is -5.46. The van der Waals surface area contributed by atoms with Gasteiger partial charge in [-0.1, -0.05) is 91.0 Å². The van der Waals surface area contributed by atoms with Crippen LogP contribution in [0.5, 0.6) is 0 Å². The number of nitrogens with one attached hydrogen (secondary N) is 1. The maximum absolute atomic E-state index is 12.8. The molecule has 1 amide bonds. The average molecular weight is 828 g/mol. The number of aliphatic hydroxyl groups is 1. The van der Waals surface area contributed by atoms with Crippen LogP contribution in [-0.2, 0) is 87.0 Å². The molecule has 0 bridgehead atoms. The largest absolute Gasteiger partial charge is 0.479 e. The van der Waals surface area contributed by atoms with Crippen LogP contribution >= 0.6 is 0 Å². The van der Waals surface area contributed by atoms with Crippen LogP contribution in [-0.4, -0.2) is 116 Å². The van der Waals surface area contributed by atoms with Gasteiger partial charge in [0.2, 0.25) is 5.91 Å². The third kappa shape index (κ3) is 12.5. The molecule has 21 heteroatoms. The van der Waals surface area contributed by atoms with Crippen LogP contribution in [0.15, 0.2) is 91.0 Å².